The third-order valence-electron chi connectivity index (χ3n) is 5.64. The number of ether oxygens (including phenoxy) is 3. The van der Waals surface area contributed by atoms with Crippen molar-refractivity contribution in [2.24, 2.45) is 0 Å². The van der Waals surface area contributed by atoms with Gasteiger partial charge in [0, 0.05) is 36.1 Å². The van der Waals surface area contributed by atoms with Gasteiger partial charge in [-0.05, 0) is 84.7 Å². The maximum Gasteiger partial charge on any atom is 0.415 e. The molecule has 2 amide bonds. The third kappa shape index (κ3) is 7.80. The van der Waals surface area contributed by atoms with E-state index in [1.165, 1.54) is 0 Å². The van der Waals surface area contributed by atoms with Crippen LogP contribution in [0.3, 0.4) is 0 Å². The van der Waals surface area contributed by atoms with Gasteiger partial charge in [0.05, 0.1) is 0 Å². The van der Waals surface area contributed by atoms with E-state index in [0.29, 0.717) is 49.7 Å². The Balaban J connectivity index is 1.71. The van der Waals surface area contributed by atoms with Crippen molar-refractivity contribution in [3.8, 4) is 5.75 Å². The second-order valence-electron chi connectivity index (χ2n) is 11.0. The number of amides is 2. The number of carbonyl (C=O) groups is 2. The highest BCUT2D eigenvalue weighted by Gasteiger charge is 2.34. The number of piperidine rings is 1. The van der Waals surface area contributed by atoms with Crippen molar-refractivity contribution in [3.05, 3.63) is 54.1 Å². The van der Waals surface area contributed by atoms with Crippen molar-refractivity contribution in [2.45, 2.75) is 78.2 Å². The molecule has 0 spiro atoms. The van der Waals surface area contributed by atoms with E-state index in [2.05, 4.69) is 0 Å². The summed E-state index contributed by atoms with van der Waals surface area (Å²) in [6, 6.07) is 14.8. The molecule has 0 aromatic heterocycles. The molecular weight excluding hydrogens is 458 g/mol. The Hall–Kier alpha value is -3.42. The van der Waals surface area contributed by atoms with Crippen molar-refractivity contribution in [1.82, 2.24) is 4.90 Å². The molecule has 8 nitrogen and oxygen atoms in total. The number of rotatable bonds is 5. The first-order valence-electron chi connectivity index (χ1n) is 12.4. The standard InChI is InChI=1S/C28H39N3O5/c1-27(2,3)35-25(32)30-17-15-22(16-18-30)31(26(33)36-28(4,5)6)21-11-13-23(14-12-21)34-19-20-9-7-8-10-24(20)29/h7-14,22H,15-19,29H2,1-6H3. The van der Waals surface area contributed by atoms with Crippen molar-refractivity contribution < 1.29 is 23.8 Å². The molecule has 2 aromatic carbocycles. The van der Waals surface area contributed by atoms with Crippen LogP contribution in [-0.2, 0) is 16.1 Å². The van der Waals surface area contributed by atoms with E-state index in [1.54, 1.807) is 9.80 Å². The summed E-state index contributed by atoms with van der Waals surface area (Å²) in [4.78, 5) is 29.1. The summed E-state index contributed by atoms with van der Waals surface area (Å²) in [5.74, 6) is 0.672. The van der Waals surface area contributed by atoms with Gasteiger partial charge in [-0.15, -0.1) is 0 Å². The minimum atomic E-state index is -0.634. The number of carbonyl (C=O) groups excluding carboxylic acids is 2. The van der Waals surface area contributed by atoms with E-state index in [4.69, 9.17) is 19.9 Å². The van der Waals surface area contributed by atoms with Gasteiger partial charge in [0.15, 0.2) is 0 Å². The lowest BCUT2D eigenvalue weighted by atomic mass is 10.0. The summed E-state index contributed by atoms with van der Waals surface area (Å²) in [7, 11) is 0. The van der Waals surface area contributed by atoms with Gasteiger partial charge in [-0.3, -0.25) is 4.90 Å². The van der Waals surface area contributed by atoms with Crippen LogP contribution in [0, 0.1) is 0 Å². The van der Waals surface area contributed by atoms with Gasteiger partial charge in [0.2, 0.25) is 0 Å². The molecule has 196 valence electrons. The van der Waals surface area contributed by atoms with Crippen molar-refractivity contribution in [3.63, 3.8) is 0 Å². The Labute approximate surface area is 214 Å². The fourth-order valence-electron chi connectivity index (χ4n) is 3.94. The van der Waals surface area contributed by atoms with E-state index >= 15 is 0 Å². The first-order valence-corrected chi connectivity index (χ1v) is 12.4. The van der Waals surface area contributed by atoms with Crippen LogP contribution in [0.25, 0.3) is 0 Å². The SMILES string of the molecule is CC(C)(C)OC(=O)N1CCC(N(C(=O)OC(C)(C)C)c2ccc(OCc3ccccc3N)cc2)CC1. The molecule has 0 radical (unpaired) electrons. The molecule has 1 heterocycles. The van der Waals surface area contributed by atoms with Crippen LogP contribution >= 0.6 is 0 Å². The molecule has 0 unspecified atom stereocenters. The van der Waals surface area contributed by atoms with Crippen LogP contribution in [-0.4, -0.2) is 47.4 Å². The predicted molar refractivity (Wildman–Crippen MR) is 141 cm³/mol. The smallest absolute Gasteiger partial charge is 0.415 e. The summed E-state index contributed by atoms with van der Waals surface area (Å²) in [6.45, 7) is 12.4. The predicted octanol–water partition coefficient (Wildman–Crippen LogP) is 5.99. The van der Waals surface area contributed by atoms with Gasteiger partial charge in [-0.1, -0.05) is 18.2 Å². The third-order valence-corrected chi connectivity index (χ3v) is 5.64. The minimum Gasteiger partial charge on any atom is -0.489 e. The molecule has 0 saturated carbocycles. The zero-order valence-electron chi connectivity index (χ0n) is 22.2. The Bertz CT molecular complexity index is 1030. The van der Waals surface area contributed by atoms with E-state index in [-0.39, 0.29) is 12.1 Å². The second-order valence-corrected chi connectivity index (χ2v) is 11.0. The topological polar surface area (TPSA) is 94.3 Å². The lowest BCUT2D eigenvalue weighted by Gasteiger charge is -2.39. The number of anilines is 2. The van der Waals surface area contributed by atoms with Crippen molar-refractivity contribution in [1.29, 1.82) is 0 Å². The van der Waals surface area contributed by atoms with Gasteiger partial charge in [0.25, 0.3) is 0 Å². The molecule has 2 N–H and O–H groups in total. The molecule has 1 saturated heterocycles. The quantitative estimate of drug-likeness (QED) is 0.510. The molecule has 1 aliphatic rings. The lowest BCUT2D eigenvalue weighted by molar-refractivity contribution is 0.0200. The summed E-state index contributed by atoms with van der Waals surface area (Å²) < 4.78 is 17.1. The van der Waals surface area contributed by atoms with Crippen molar-refractivity contribution in [2.75, 3.05) is 23.7 Å². The number of nitrogen functional groups attached to an aromatic ring is 1. The zero-order valence-corrected chi connectivity index (χ0v) is 22.2. The number of hydrogen-bond donors (Lipinski definition) is 1. The Morgan fingerprint density at radius 2 is 1.50 bits per heavy atom. The van der Waals surface area contributed by atoms with Gasteiger partial charge in [-0.25, -0.2) is 9.59 Å². The highest BCUT2D eigenvalue weighted by molar-refractivity contribution is 5.88. The van der Waals surface area contributed by atoms with E-state index in [1.807, 2.05) is 90.1 Å². The minimum absolute atomic E-state index is 0.116. The average molecular weight is 498 g/mol. The van der Waals surface area contributed by atoms with Crippen molar-refractivity contribution >= 4 is 23.6 Å². The van der Waals surface area contributed by atoms with Crippen LogP contribution in [0.1, 0.15) is 59.9 Å². The summed E-state index contributed by atoms with van der Waals surface area (Å²) in [5.41, 5.74) is 7.13. The maximum absolute atomic E-state index is 13.2. The van der Waals surface area contributed by atoms with Crippen LogP contribution < -0.4 is 15.4 Å². The van der Waals surface area contributed by atoms with E-state index < -0.39 is 17.3 Å². The molecule has 36 heavy (non-hydrogen) atoms. The number of nitrogens with zero attached hydrogens (tertiary/aromatic N) is 2. The monoisotopic (exact) mass is 497 g/mol. The molecule has 0 atom stereocenters. The zero-order chi connectivity index (χ0) is 26.5. The van der Waals surface area contributed by atoms with E-state index in [0.717, 1.165) is 5.56 Å². The Kier molecular flexibility index (Phi) is 8.38. The molecule has 0 bridgehead atoms. The highest BCUT2D eigenvalue weighted by atomic mass is 16.6. The molecule has 0 aliphatic carbocycles. The summed E-state index contributed by atoms with van der Waals surface area (Å²) in [5, 5.41) is 0. The lowest BCUT2D eigenvalue weighted by Crippen LogP contribution is -2.51. The van der Waals surface area contributed by atoms with Crippen LogP contribution in [0.5, 0.6) is 5.75 Å². The number of hydrogen-bond acceptors (Lipinski definition) is 6. The number of para-hydroxylation sites is 1. The normalized spacial score (nSPS) is 14.8. The average Bonchev–Trinajstić information content (AvgIpc) is 2.78. The molecule has 1 fully saturated rings. The van der Waals surface area contributed by atoms with Gasteiger partial charge in [-0.2, -0.15) is 0 Å². The van der Waals surface area contributed by atoms with Gasteiger partial charge < -0.3 is 24.8 Å². The second kappa shape index (κ2) is 11.1. The van der Waals surface area contributed by atoms with E-state index in [9.17, 15) is 9.59 Å². The summed E-state index contributed by atoms with van der Waals surface area (Å²) >= 11 is 0. The largest absolute Gasteiger partial charge is 0.489 e. The fraction of sp³-hybridized carbons (Fsp3) is 0.500. The first-order chi connectivity index (χ1) is 16.8. The molecule has 1 aliphatic heterocycles. The number of nitrogens with two attached hydrogens (primary N) is 1. The summed E-state index contributed by atoms with van der Waals surface area (Å²) in [6.07, 6.45) is 0.489. The highest BCUT2D eigenvalue weighted by Crippen LogP contribution is 2.29. The van der Waals surface area contributed by atoms with Gasteiger partial charge in [0.1, 0.15) is 23.6 Å². The van der Waals surface area contributed by atoms with Gasteiger partial charge >= 0.3 is 12.2 Å². The maximum atomic E-state index is 13.2. The first kappa shape index (κ1) is 27.2. The number of benzene rings is 2. The molecule has 2 aromatic rings. The molecule has 3 rings (SSSR count). The Morgan fingerprint density at radius 1 is 0.917 bits per heavy atom. The van der Waals surface area contributed by atoms with Crippen LogP contribution in [0.2, 0.25) is 0 Å². The van der Waals surface area contributed by atoms with Crippen LogP contribution in [0.15, 0.2) is 48.5 Å². The number of likely N-dealkylation sites (tertiary alicyclic amines) is 1. The Morgan fingerprint density at radius 3 is 2.06 bits per heavy atom. The fourth-order valence-corrected chi connectivity index (χ4v) is 3.94. The molecule has 8 heteroatoms. The van der Waals surface area contributed by atoms with Crippen LogP contribution in [0.4, 0.5) is 21.0 Å². The molecular formula is C28H39N3O5.